The van der Waals surface area contributed by atoms with E-state index >= 15 is 0 Å². The van der Waals surface area contributed by atoms with E-state index in [0.717, 1.165) is 5.56 Å². The van der Waals surface area contributed by atoms with Crippen LogP contribution in [0, 0.1) is 0 Å². The molecule has 174 valence electrons. The first-order chi connectivity index (χ1) is 15.3. The van der Waals surface area contributed by atoms with Crippen LogP contribution < -0.4 is 14.8 Å². The summed E-state index contributed by atoms with van der Waals surface area (Å²) < 4.78 is 39.0. The molecule has 0 bridgehead atoms. The quantitative estimate of drug-likeness (QED) is 0.505. The average molecular weight is 483 g/mol. The van der Waals surface area contributed by atoms with Gasteiger partial charge >= 0.3 is 0 Å². The lowest BCUT2D eigenvalue weighted by Crippen LogP contribution is -2.51. The predicted octanol–water partition coefficient (Wildman–Crippen LogP) is 2.24. The van der Waals surface area contributed by atoms with Crippen molar-refractivity contribution < 1.29 is 27.8 Å². The van der Waals surface area contributed by atoms with Crippen molar-refractivity contribution in [2.75, 3.05) is 13.7 Å². The normalized spacial score (nSPS) is 21.2. The fraction of sp³-hybridized carbons (Fsp3) is 0.409. The molecule has 0 saturated carbocycles. The summed E-state index contributed by atoms with van der Waals surface area (Å²) in [5, 5.41) is 13.2. The van der Waals surface area contributed by atoms with Gasteiger partial charge in [0, 0.05) is 17.6 Å². The van der Waals surface area contributed by atoms with E-state index in [-0.39, 0.29) is 23.8 Å². The van der Waals surface area contributed by atoms with E-state index in [9.17, 15) is 18.3 Å². The number of amides is 1. The second-order valence-electron chi connectivity index (χ2n) is 7.57. The standard InChI is InChI=1S/C22H27ClN2O6S/c1-30-17-3-2-4-19(11-17)32(28,29)25-20-10-9-18(31-21(20)14-26)12-22(27)24-13-15-5-7-16(23)8-6-15/h2-8,11,18,20-21,25-26H,9-10,12-14H2,1H3,(H,24,27)/t18-,20+,21-/m0/s1. The third-order valence-electron chi connectivity index (χ3n) is 5.27. The molecule has 0 aliphatic carbocycles. The van der Waals surface area contributed by atoms with Gasteiger partial charge in [0.2, 0.25) is 15.9 Å². The Labute approximate surface area is 192 Å². The zero-order valence-corrected chi connectivity index (χ0v) is 19.2. The van der Waals surface area contributed by atoms with E-state index in [4.69, 9.17) is 21.1 Å². The van der Waals surface area contributed by atoms with E-state index < -0.39 is 28.3 Å². The Kier molecular flexibility index (Phi) is 8.50. The lowest BCUT2D eigenvalue weighted by Gasteiger charge is -2.35. The fourth-order valence-corrected chi connectivity index (χ4v) is 4.99. The van der Waals surface area contributed by atoms with Crippen molar-refractivity contribution in [3.63, 3.8) is 0 Å². The Balaban J connectivity index is 1.53. The molecule has 0 spiro atoms. The smallest absolute Gasteiger partial charge is 0.241 e. The van der Waals surface area contributed by atoms with Crippen LogP contribution >= 0.6 is 11.6 Å². The van der Waals surface area contributed by atoms with Crippen LogP contribution in [0.4, 0.5) is 0 Å². The van der Waals surface area contributed by atoms with Gasteiger partial charge in [-0.3, -0.25) is 4.79 Å². The summed E-state index contributed by atoms with van der Waals surface area (Å²) in [5.74, 6) is 0.244. The molecule has 3 atom stereocenters. The number of halogens is 1. The van der Waals surface area contributed by atoms with Crippen LogP contribution in [-0.2, 0) is 26.1 Å². The molecule has 1 heterocycles. The Morgan fingerprint density at radius 2 is 1.97 bits per heavy atom. The molecule has 1 aliphatic heterocycles. The molecule has 10 heteroatoms. The van der Waals surface area contributed by atoms with E-state index in [1.807, 2.05) is 12.1 Å². The minimum atomic E-state index is -3.83. The number of hydrogen-bond acceptors (Lipinski definition) is 6. The van der Waals surface area contributed by atoms with Crippen molar-refractivity contribution >= 4 is 27.5 Å². The highest BCUT2D eigenvalue weighted by Crippen LogP contribution is 2.24. The minimum Gasteiger partial charge on any atom is -0.497 e. The number of carbonyl (C=O) groups excluding carboxylic acids is 1. The molecule has 3 rings (SSSR count). The molecule has 0 unspecified atom stereocenters. The zero-order chi connectivity index (χ0) is 23.1. The van der Waals surface area contributed by atoms with Gasteiger partial charge in [-0.2, -0.15) is 0 Å². The summed E-state index contributed by atoms with van der Waals surface area (Å²) >= 11 is 5.86. The van der Waals surface area contributed by atoms with E-state index in [1.54, 1.807) is 24.3 Å². The number of nitrogens with one attached hydrogen (secondary N) is 2. The minimum absolute atomic E-state index is 0.0669. The van der Waals surface area contributed by atoms with Gasteiger partial charge in [-0.1, -0.05) is 29.8 Å². The number of rotatable bonds is 9. The van der Waals surface area contributed by atoms with Crippen LogP contribution in [0.3, 0.4) is 0 Å². The van der Waals surface area contributed by atoms with Crippen molar-refractivity contribution in [1.29, 1.82) is 0 Å². The topological polar surface area (TPSA) is 114 Å². The third kappa shape index (κ3) is 6.66. The summed E-state index contributed by atoms with van der Waals surface area (Å²) in [7, 11) is -2.37. The Morgan fingerprint density at radius 3 is 2.66 bits per heavy atom. The Morgan fingerprint density at radius 1 is 1.22 bits per heavy atom. The molecule has 32 heavy (non-hydrogen) atoms. The average Bonchev–Trinajstić information content (AvgIpc) is 2.79. The van der Waals surface area contributed by atoms with Gasteiger partial charge in [-0.05, 0) is 42.7 Å². The Bertz CT molecular complexity index is 1020. The molecule has 2 aromatic rings. The number of ether oxygens (including phenoxy) is 2. The highest BCUT2D eigenvalue weighted by Gasteiger charge is 2.34. The molecule has 0 radical (unpaired) electrons. The summed E-state index contributed by atoms with van der Waals surface area (Å²) in [6.07, 6.45) is -0.118. The lowest BCUT2D eigenvalue weighted by atomic mass is 9.98. The van der Waals surface area contributed by atoms with Crippen LogP contribution in [-0.4, -0.2) is 51.4 Å². The van der Waals surface area contributed by atoms with Crippen LogP contribution in [0.1, 0.15) is 24.8 Å². The number of hydrogen-bond donors (Lipinski definition) is 3. The van der Waals surface area contributed by atoms with Crippen LogP contribution in [0.15, 0.2) is 53.4 Å². The van der Waals surface area contributed by atoms with E-state index in [2.05, 4.69) is 10.0 Å². The van der Waals surface area contributed by atoms with Gasteiger partial charge in [-0.25, -0.2) is 13.1 Å². The summed E-state index contributed by atoms with van der Waals surface area (Å²) in [6.45, 7) is 0.00328. The Hall–Kier alpha value is -2.17. The zero-order valence-electron chi connectivity index (χ0n) is 17.7. The highest BCUT2D eigenvalue weighted by atomic mass is 35.5. The van der Waals surface area contributed by atoms with Crippen molar-refractivity contribution in [3.8, 4) is 5.75 Å². The summed E-state index contributed by atoms with van der Waals surface area (Å²) in [6, 6.07) is 12.7. The first-order valence-corrected chi connectivity index (χ1v) is 12.1. The summed E-state index contributed by atoms with van der Waals surface area (Å²) in [4.78, 5) is 12.4. The number of aliphatic hydroxyl groups excluding tert-OH is 1. The largest absolute Gasteiger partial charge is 0.497 e. The number of carbonyl (C=O) groups is 1. The SMILES string of the molecule is COc1cccc(S(=O)(=O)N[C@@H]2CC[C@@H](CC(=O)NCc3ccc(Cl)cc3)O[C@H]2CO)c1. The molecule has 2 aromatic carbocycles. The maximum atomic E-state index is 12.8. The van der Waals surface area contributed by atoms with Crippen molar-refractivity contribution in [1.82, 2.24) is 10.0 Å². The van der Waals surface area contributed by atoms with Crippen molar-refractivity contribution in [3.05, 3.63) is 59.1 Å². The third-order valence-corrected chi connectivity index (χ3v) is 7.01. The van der Waals surface area contributed by atoms with Crippen LogP contribution in [0.2, 0.25) is 5.02 Å². The molecular formula is C22H27ClN2O6S. The first kappa shape index (κ1) is 24.5. The molecule has 1 saturated heterocycles. The van der Waals surface area contributed by atoms with Crippen LogP contribution in [0.25, 0.3) is 0 Å². The van der Waals surface area contributed by atoms with E-state index in [1.165, 1.54) is 19.2 Å². The molecule has 3 N–H and O–H groups in total. The molecule has 1 amide bonds. The van der Waals surface area contributed by atoms with Crippen molar-refractivity contribution in [2.24, 2.45) is 0 Å². The highest BCUT2D eigenvalue weighted by molar-refractivity contribution is 7.89. The maximum absolute atomic E-state index is 12.8. The second-order valence-corrected chi connectivity index (χ2v) is 9.72. The van der Waals surface area contributed by atoms with E-state index in [0.29, 0.717) is 30.2 Å². The van der Waals surface area contributed by atoms with Gasteiger partial charge < -0.3 is 19.9 Å². The molecule has 1 fully saturated rings. The van der Waals surface area contributed by atoms with Gasteiger partial charge in [0.15, 0.2) is 0 Å². The number of sulfonamides is 1. The van der Waals surface area contributed by atoms with Gasteiger partial charge in [0.25, 0.3) is 0 Å². The second kappa shape index (κ2) is 11.1. The maximum Gasteiger partial charge on any atom is 0.241 e. The lowest BCUT2D eigenvalue weighted by molar-refractivity contribution is -0.130. The van der Waals surface area contributed by atoms with Crippen LogP contribution in [0.5, 0.6) is 5.75 Å². The van der Waals surface area contributed by atoms with Crippen molar-refractivity contribution in [2.45, 2.75) is 49.0 Å². The molecule has 8 nitrogen and oxygen atoms in total. The number of methoxy groups -OCH3 is 1. The number of benzene rings is 2. The molecular weight excluding hydrogens is 456 g/mol. The summed E-state index contributed by atoms with van der Waals surface area (Å²) in [5.41, 5.74) is 0.924. The fourth-order valence-electron chi connectivity index (χ4n) is 3.53. The molecule has 0 aromatic heterocycles. The molecule has 1 aliphatic rings. The predicted molar refractivity (Wildman–Crippen MR) is 120 cm³/mol. The van der Waals surface area contributed by atoms with Gasteiger partial charge in [0.1, 0.15) is 5.75 Å². The first-order valence-electron chi connectivity index (χ1n) is 10.2. The monoisotopic (exact) mass is 482 g/mol. The van der Waals surface area contributed by atoms with Gasteiger partial charge in [-0.15, -0.1) is 0 Å². The number of aliphatic hydroxyl groups is 1. The van der Waals surface area contributed by atoms with Gasteiger partial charge in [0.05, 0.1) is 43.3 Å².